The molecular weight excluding hydrogens is 336 g/mol. The maximum absolute atomic E-state index is 12.4. The van der Waals surface area contributed by atoms with E-state index in [1.807, 2.05) is 38.3 Å². The molecule has 0 fully saturated rings. The van der Waals surface area contributed by atoms with E-state index in [4.69, 9.17) is 0 Å². The number of nitrogens with zero attached hydrogens (tertiary/aromatic N) is 3. The van der Waals surface area contributed by atoms with Gasteiger partial charge in [0.15, 0.2) is 0 Å². The molecular formula is C18H16N4O2S. The molecule has 0 saturated heterocycles. The molecule has 2 aliphatic rings. The van der Waals surface area contributed by atoms with Crippen LogP contribution in [0.2, 0.25) is 0 Å². The standard InChI is InChI=1S/C18H16N4O2S/c1-9-4-14(23)21-22-15(9)10-5-11(13-7-25-8-19-13)16-12(6-10)18(2,3)17(24)20-16/h4-8,15H,1-3H3,(H,20,24). The average molecular weight is 352 g/mol. The molecule has 7 heteroatoms. The first-order valence-corrected chi connectivity index (χ1v) is 8.83. The molecule has 6 nitrogen and oxygen atoms in total. The van der Waals surface area contributed by atoms with Crippen molar-refractivity contribution in [3.63, 3.8) is 0 Å². The van der Waals surface area contributed by atoms with Crippen molar-refractivity contribution in [2.75, 3.05) is 5.32 Å². The van der Waals surface area contributed by atoms with Gasteiger partial charge in [-0.3, -0.25) is 9.59 Å². The van der Waals surface area contributed by atoms with E-state index in [-0.39, 0.29) is 17.9 Å². The molecule has 1 N–H and O–H groups in total. The van der Waals surface area contributed by atoms with Crippen molar-refractivity contribution in [3.05, 3.63) is 45.8 Å². The second-order valence-corrected chi connectivity index (χ2v) is 7.51. The van der Waals surface area contributed by atoms with E-state index in [0.29, 0.717) is 0 Å². The Hall–Kier alpha value is -2.67. The second-order valence-electron chi connectivity index (χ2n) is 6.79. The number of fused-ring (bicyclic) bond motifs is 1. The molecule has 126 valence electrons. The van der Waals surface area contributed by atoms with Crippen molar-refractivity contribution < 1.29 is 9.59 Å². The number of rotatable bonds is 2. The maximum Gasteiger partial charge on any atom is 0.287 e. The number of thiazole rings is 1. The van der Waals surface area contributed by atoms with E-state index in [1.165, 1.54) is 17.4 Å². The van der Waals surface area contributed by atoms with Gasteiger partial charge in [-0.05, 0) is 43.5 Å². The number of aromatic nitrogens is 1. The lowest BCUT2D eigenvalue weighted by Crippen LogP contribution is -2.26. The van der Waals surface area contributed by atoms with E-state index in [2.05, 4.69) is 20.5 Å². The van der Waals surface area contributed by atoms with E-state index in [1.54, 1.807) is 5.51 Å². The third-order valence-electron chi connectivity index (χ3n) is 4.72. The Kier molecular flexibility index (Phi) is 3.43. The van der Waals surface area contributed by atoms with Crippen LogP contribution >= 0.6 is 11.3 Å². The summed E-state index contributed by atoms with van der Waals surface area (Å²) in [4.78, 5) is 28.3. The minimum atomic E-state index is -0.643. The van der Waals surface area contributed by atoms with Gasteiger partial charge in [-0.25, -0.2) is 4.98 Å². The van der Waals surface area contributed by atoms with Crippen molar-refractivity contribution in [1.82, 2.24) is 4.98 Å². The number of benzene rings is 1. The lowest BCUT2D eigenvalue weighted by molar-refractivity contribution is -0.119. The first-order chi connectivity index (χ1) is 11.9. The molecule has 0 radical (unpaired) electrons. The third kappa shape index (κ3) is 2.42. The Balaban J connectivity index is 1.94. The van der Waals surface area contributed by atoms with Crippen LogP contribution in [-0.4, -0.2) is 16.8 Å². The van der Waals surface area contributed by atoms with Crippen LogP contribution in [0.4, 0.5) is 5.69 Å². The number of nitrogens with one attached hydrogen (secondary N) is 1. The van der Waals surface area contributed by atoms with Crippen LogP contribution in [0, 0.1) is 0 Å². The molecule has 1 atom stereocenters. The van der Waals surface area contributed by atoms with Crippen LogP contribution < -0.4 is 5.32 Å². The number of carbonyl (C=O) groups is 2. The number of anilines is 1. The van der Waals surface area contributed by atoms with Gasteiger partial charge in [0, 0.05) is 17.0 Å². The topological polar surface area (TPSA) is 83.8 Å². The number of hydrogen-bond acceptors (Lipinski definition) is 5. The van der Waals surface area contributed by atoms with Gasteiger partial charge in [-0.2, -0.15) is 5.11 Å². The largest absolute Gasteiger partial charge is 0.324 e. The van der Waals surface area contributed by atoms with Gasteiger partial charge in [0.05, 0.1) is 22.3 Å². The minimum absolute atomic E-state index is 0.0381. The summed E-state index contributed by atoms with van der Waals surface area (Å²) in [5.41, 5.74) is 6.25. The summed E-state index contributed by atoms with van der Waals surface area (Å²) in [6.45, 7) is 5.67. The predicted octanol–water partition coefficient (Wildman–Crippen LogP) is 4.02. The highest BCUT2D eigenvalue weighted by Crippen LogP contribution is 2.46. The van der Waals surface area contributed by atoms with E-state index in [9.17, 15) is 9.59 Å². The van der Waals surface area contributed by atoms with Crippen molar-refractivity contribution in [2.24, 2.45) is 10.2 Å². The monoisotopic (exact) mass is 352 g/mol. The Labute approximate surface area is 148 Å². The summed E-state index contributed by atoms with van der Waals surface area (Å²) in [6, 6.07) is 3.64. The first-order valence-electron chi connectivity index (χ1n) is 7.89. The van der Waals surface area contributed by atoms with Crippen LogP contribution in [0.5, 0.6) is 0 Å². The molecule has 1 aromatic heterocycles. The Morgan fingerprint density at radius 1 is 1.24 bits per heavy atom. The van der Waals surface area contributed by atoms with Crippen molar-refractivity contribution in [3.8, 4) is 11.3 Å². The van der Waals surface area contributed by atoms with Crippen LogP contribution in [0.1, 0.15) is 37.9 Å². The molecule has 25 heavy (non-hydrogen) atoms. The van der Waals surface area contributed by atoms with Crippen LogP contribution in [0.15, 0.2) is 44.9 Å². The lowest BCUT2D eigenvalue weighted by Gasteiger charge is -2.20. The fourth-order valence-electron chi connectivity index (χ4n) is 3.23. The Morgan fingerprint density at radius 2 is 2.04 bits per heavy atom. The summed E-state index contributed by atoms with van der Waals surface area (Å²) >= 11 is 1.50. The van der Waals surface area contributed by atoms with Crippen LogP contribution in [0.25, 0.3) is 11.3 Å². The molecule has 2 amide bonds. The zero-order chi connectivity index (χ0) is 17.8. The third-order valence-corrected chi connectivity index (χ3v) is 5.30. The van der Waals surface area contributed by atoms with Gasteiger partial charge in [0.25, 0.3) is 5.91 Å². The van der Waals surface area contributed by atoms with E-state index < -0.39 is 5.41 Å². The van der Waals surface area contributed by atoms with Gasteiger partial charge < -0.3 is 5.32 Å². The van der Waals surface area contributed by atoms with Gasteiger partial charge >= 0.3 is 0 Å². The second kappa shape index (κ2) is 5.42. The summed E-state index contributed by atoms with van der Waals surface area (Å²) in [7, 11) is 0. The summed E-state index contributed by atoms with van der Waals surface area (Å²) in [5, 5.41) is 12.8. The minimum Gasteiger partial charge on any atom is -0.324 e. The predicted molar refractivity (Wildman–Crippen MR) is 95.6 cm³/mol. The molecule has 1 unspecified atom stereocenters. The van der Waals surface area contributed by atoms with Crippen LogP contribution in [0.3, 0.4) is 0 Å². The van der Waals surface area contributed by atoms with Gasteiger partial charge in [0.2, 0.25) is 5.91 Å². The van der Waals surface area contributed by atoms with Gasteiger partial charge in [0.1, 0.15) is 6.04 Å². The highest BCUT2D eigenvalue weighted by Gasteiger charge is 2.40. The molecule has 0 saturated carbocycles. The van der Waals surface area contributed by atoms with E-state index in [0.717, 1.165) is 33.6 Å². The zero-order valence-corrected chi connectivity index (χ0v) is 14.8. The molecule has 2 aliphatic heterocycles. The fourth-order valence-corrected chi connectivity index (χ4v) is 3.78. The van der Waals surface area contributed by atoms with E-state index >= 15 is 0 Å². The Bertz CT molecular complexity index is 958. The molecule has 0 aliphatic carbocycles. The molecule has 1 aromatic carbocycles. The normalized spacial score (nSPS) is 21.1. The summed E-state index contributed by atoms with van der Waals surface area (Å²) in [5.74, 6) is -0.379. The summed E-state index contributed by atoms with van der Waals surface area (Å²) in [6.07, 6.45) is 1.50. The fraction of sp³-hybridized carbons (Fsp3) is 0.278. The Morgan fingerprint density at radius 3 is 2.72 bits per heavy atom. The van der Waals surface area contributed by atoms with Gasteiger partial charge in [-0.15, -0.1) is 16.5 Å². The molecule has 0 spiro atoms. The van der Waals surface area contributed by atoms with Crippen molar-refractivity contribution >= 4 is 28.8 Å². The van der Waals surface area contributed by atoms with Crippen LogP contribution in [-0.2, 0) is 15.0 Å². The van der Waals surface area contributed by atoms with Gasteiger partial charge in [-0.1, -0.05) is 6.07 Å². The number of azo groups is 1. The molecule has 3 heterocycles. The maximum atomic E-state index is 12.4. The molecule has 0 bridgehead atoms. The average Bonchev–Trinajstić information content (AvgIpc) is 3.15. The zero-order valence-electron chi connectivity index (χ0n) is 14.0. The number of hydrogen-bond donors (Lipinski definition) is 1. The smallest absolute Gasteiger partial charge is 0.287 e. The van der Waals surface area contributed by atoms with Crippen molar-refractivity contribution in [1.29, 1.82) is 0 Å². The highest BCUT2D eigenvalue weighted by molar-refractivity contribution is 7.07. The SMILES string of the molecule is CC1=CC(=O)N=NC1c1cc(-c2cscn2)c2c(c1)C(C)(C)C(=O)N2. The summed E-state index contributed by atoms with van der Waals surface area (Å²) < 4.78 is 0. The van der Waals surface area contributed by atoms with Crippen molar-refractivity contribution in [2.45, 2.75) is 32.2 Å². The molecule has 4 rings (SSSR count). The highest BCUT2D eigenvalue weighted by atomic mass is 32.1. The number of carbonyl (C=O) groups excluding carboxylic acids is 2. The number of amides is 2. The molecule has 2 aromatic rings. The quantitative estimate of drug-likeness (QED) is 0.886. The lowest BCUT2D eigenvalue weighted by atomic mass is 9.82. The first kappa shape index (κ1) is 15.8.